The summed E-state index contributed by atoms with van der Waals surface area (Å²) in [6.07, 6.45) is 0.843. The summed E-state index contributed by atoms with van der Waals surface area (Å²) in [4.78, 5) is 0. The van der Waals surface area contributed by atoms with Gasteiger partial charge in [-0.1, -0.05) is 40.2 Å². The molecule has 0 amide bonds. The van der Waals surface area contributed by atoms with E-state index in [1.165, 1.54) is 5.56 Å². The van der Waals surface area contributed by atoms with Gasteiger partial charge >= 0.3 is 0 Å². The number of hydrazine groups is 1. The van der Waals surface area contributed by atoms with Gasteiger partial charge in [-0.25, -0.2) is 0 Å². The molecule has 0 aliphatic heterocycles. The number of halogens is 1. The van der Waals surface area contributed by atoms with Crippen LogP contribution in [0, 0.1) is 6.92 Å². The van der Waals surface area contributed by atoms with Crippen molar-refractivity contribution >= 4 is 15.9 Å². The van der Waals surface area contributed by atoms with Crippen molar-refractivity contribution in [2.75, 3.05) is 7.11 Å². The molecule has 1 atom stereocenters. The molecule has 4 heteroatoms. The van der Waals surface area contributed by atoms with Crippen LogP contribution in [0.2, 0.25) is 0 Å². The average molecular weight is 335 g/mol. The first-order valence-corrected chi connectivity index (χ1v) is 7.28. The highest BCUT2D eigenvalue weighted by Gasteiger charge is 2.12. The molecule has 0 spiro atoms. The second-order valence-electron chi connectivity index (χ2n) is 4.78. The molecule has 2 rings (SSSR count). The van der Waals surface area contributed by atoms with Gasteiger partial charge in [-0.05, 0) is 48.2 Å². The van der Waals surface area contributed by atoms with Crippen LogP contribution in [-0.2, 0) is 6.42 Å². The highest BCUT2D eigenvalue weighted by Crippen LogP contribution is 2.24. The SMILES string of the molecule is COc1ccc(C(Cc2ccc(Br)cc2)NN)cc1C. The zero-order valence-corrected chi connectivity index (χ0v) is 13.3. The molecule has 0 bridgehead atoms. The molecule has 106 valence electrons. The van der Waals surface area contributed by atoms with Gasteiger partial charge in [-0.15, -0.1) is 0 Å². The van der Waals surface area contributed by atoms with Gasteiger partial charge in [0.05, 0.1) is 7.11 Å². The molecule has 0 fully saturated rings. The Labute approximate surface area is 128 Å². The van der Waals surface area contributed by atoms with Crippen LogP contribution in [0.4, 0.5) is 0 Å². The highest BCUT2D eigenvalue weighted by atomic mass is 79.9. The molecule has 3 N–H and O–H groups in total. The number of rotatable bonds is 5. The van der Waals surface area contributed by atoms with Crippen LogP contribution in [0.5, 0.6) is 5.75 Å². The minimum Gasteiger partial charge on any atom is -0.496 e. The molecule has 0 aliphatic carbocycles. The lowest BCUT2D eigenvalue weighted by Gasteiger charge is -2.18. The molecule has 0 saturated carbocycles. The first-order valence-electron chi connectivity index (χ1n) is 6.49. The van der Waals surface area contributed by atoms with Gasteiger partial charge < -0.3 is 4.74 Å². The van der Waals surface area contributed by atoms with Gasteiger partial charge in [-0.2, -0.15) is 0 Å². The van der Waals surface area contributed by atoms with Gasteiger partial charge in [0.1, 0.15) is 5.75 Å². The molecule has 1 unspecified atom stereocenters. The monoisotopic (exact) mass is 334 g/mol. The molecule has 0 radical (unpaired) electrons. The van der Waals surface area contributed by atoms with Crippen molar-refractivity contribution in [2.24, 2.45) is 5.84 Å². The number of aryl methyl sites for hydroxylation is 1. The van der Waals surface area contributed by atoms with Crippen molar-refractivity contribution < 1.29 is 4.74 Å². The summed E-state index contributed by atoms with van der Waals surface area (Å²) in [6, 6.07) is 14.5. The largest absolute Gasteiger partial charge is 0.496 e. The van der Waals surface area contributed by atoms with Crippen LogP contribution in [0.1, 0.15) is 22.7 Å². The van der Waals surface area contributed by atoms with Gasteiger partial charge in [0.2, 0.25) is 0 Å². The van der Waals surface area contributed by atoms with E-state index in [0.717, 1.165) is 27.8 Å². The number of ether oxygens (including phenoxy) is 1. The molecule has 0 heterocycles. The van der Waals surface area contributed by atoms with Crippen molar-refractivity contribution in [1.29, 1.82) is 0 Å². The lowest BCUT2D eigenvalue weighted by atomic mass is 9.98. The summed E-state index contributed by atoms with van der Waals surface area (Å²) in [5.74, 6) is 6.61. The predicted molar refractivity (Wildman–Crippen MR) is 85.6 cm³/mol. The Balaban J connectivity index is 2.19. The van der Waals surface area contributed by atoms with Crippen LogP contribution >= 0.6 is 15.9 Å². The van der Waals surface area contributed by atoms with Crippen LogP contribution in [0.15, 0.2) is 46.9 Å². The number of methoxy groups -OCH3 is 1. The third-order valence-electron chi connectivity index (χ3n) is 3.38. The number of nitrogens with two attached hydrogens (primary N) is 1. The van der Waals surface area contributed by atoms with E-state index in [1.54, 1.807) is 7.11 Å². The van der Waals surface area contributed by atoms with E-state index in [1.807, 2.05) is 25.1 Å². The number of benzene rings is 2. The van der Waals surface area contributed by atoms with Crippen LogP contribution in [0.25, 0.3) is 0 Å². The molecule has 2 aromatic carbocycles. The second kappa shape index (κ2) is 6.88. The van der Waals surface area contributed by atoms with Gasteiger partial charge in [0.25, 0.3) is 0 Å². The Bertz CT molecular complexity index is 569. The lowest BCUT2D eigenvalue weighted by Crippen LogP contribution is -2.29. The first kappa shape index (κ1) is 15.0. The standard InChI is InChI=1S/C16H19BrN2O/c1-11-9-13(5-8-16(11)20-2)15(19-18)10-12-3-6-14(17)7-4-12/h3-9,15,19H,10,18H2,1-2H3. The maximum absolute atomic E-state index is 5.71. The summed E-state index contributed by atoms with van der Waals surface area (Å²) < 4.78 is 6.37. The topological polar surface area (TPSA) is 47.3 Å². The van der Waals surface area contributed by atoms with E-state index >= 15 is 0 Å². The smallest absolute Gasteiger partial charge is 0.121 e. The second-order valence-corrected chi connectivity index (χ2v) is 5.69. The van der Waals surface area contributed by atoms with E-state index in [-0.39, 0.29) is 6.04 Å². The fourth-order valence-corrected chi connectivity index (χ4v) is 2.51. The van der Waals surface area contributed by atoms with Gasteiger partial charge in [0, 0.05) is 10.5 Å². The summed E-state index contributed by atoms with van der Waals surface area (Å²) in [6.45, 7) is 2.04. The van der Waals surface area contributed by atoms with Gasteiger partial charge in [0.15, 0.2) is 0 Å². The van der Waals surface area contributed by atoms with E-state index in [2.05, 4.69) is 45.6 Å². The zero-order valence-electron chi connectivity index (χ0n) is 11.7. The fraction of sp³-hybridized carbons (Fsp3) is 0.250. The van der Waals surface area contributed by atoms with Crippen molar-refractivity contribution in [3.63, 3.8) is 0 Å². The number of hydrogen-bond acceptors (Lipinski definition) is 3. The van der Waals surface area contributed by atoms with Crippen molar-refractivity contribution in [3.8, 4) is 5.75 Å². The van der Waals surface area contributed by atoms with E-state index in [9.17, 15) is 0 Å². The minimum absolute atomic E-state index is 0.0841. The maximum Gasteiger partial charge on any atom is 0.121 e. The first-order chi connectivity index (χ1) is 9.63. The fourth-order valence-electron chi connectivity index (χ4n) is 2.25. The van der Waals surface area contributed by atoms with Crippen LogP contribution in [0.3, 0.4) is 0 Å². The minimum atomic E-state index is 0.0841. The number of nitrogens with one attached hydrogen (secondary N) is 1. The van der Waals surface area contributed by atoms with Crippen molar-refractivity contribution in [2.45, 2.75) is 19.4 Å². The number of hydrogen-bond donors (Lipinski definition) is 2. The molecule has 20 heavy (non-hydrogen) atoms. The van der Waals surface area contributed by atoms with Crippen LogP contribution < -0.4 is 16.0 Å². The summed E-state index contributed by atoms with van der Waals surface area (Å²) in [5, 5.41) is 0. The molecule has 3 nitrogen and oxygen atoms in total. The Morgan fingerprint density at radius 1 is 1.20 bits per heavy atom. The molecule has 0 saturated heterocycles. The lowest BCUT2D eigenvalue weighted by molar-refractivity contribution is 0.411. The third kappa shape index (κ3) is 3.60. The summed E-state index contributed by atoms with van der Waals surface area (Å²) in [7, 11) is 1.68. The van der Waals surface area contributed by atoms with E-state index < -0.39 is 0 Å². The highest BCUT2D eigenvalue weighted by molar-refractivity contribution is 9.10. The maximum atomic E-state index is 5.71. The molecular formula is C16H19BrN2O. The predicted octanol–water partition coefficient (Wildman–Crippen LogP) is 3.51. The van der Waals surface area contributed by atoms with E-state index in [4.69, 9.17) is 10.6 Å². The van der Waals surface area contributed by atoms with Crippen molar-refractivity contribution in [3.05, 3.63) is 63.6 Å². The van der Waals surface area contributed by atoms with Crippen LogP contribution in [-0.4, -0.2) is 7.11 Å². The van der Waals surface area contributed by atoms with Gasteiger partial charge in [-0.3, -0.25) is 11.3 Å². The molecule has 2 aromatic rings. The Hall–Kier alpha value is -1.36. The molecule has 0 aromatic heterocycles. The summed E-state index contributed by atoms with van der Waals surface area (Å²) in [5.41, 5.74) is 6.41. The Morgan fingerprint density at radius 2 is 1.90 bits per heavy atom. The third-order valence-corrected chi connectivity index (χ3v) is 3.90. The average Bonchev–Trinajstić information content (AvgIpc) is 2.46. The van der Waals surface area contributed by atoms with Crippen molar-refractivity contribution in [1.82, 2.24) is 5.43 Å². The summed E-state index contributed by atoms with van der Waals surface area (Å²) >= 11 is 3.44. The zero-order chi connectivity index (χ0) is 14.5. The molecular weight excluding hydrogens is 316 g/mol. The van der Waals surface area contributed by atoms with E-state index in [0.29, 0.717) is 0 Å². The quantitative estimate of drug-likeness (QED) is 0.649. The Morgan fingerprint density at radius 3 is 2.45 bits per heavy atom. The normalized spacial score (nSPS) is 12.2. The Kier molecular flexibility index (Phi) is 5.17. The molecule has 0 aliphatic rings.